The van der Waals surface area contributed by atoms with E-state index < -0.39 is 36.5 Å². The molecule has 0 aliphatic heterocycles. The topological polar surface area (TPSA) is 98.7 Å². The van der Waals surface area contributed by atoms with E-state index in [0.717, 1.165) is 17.8 Å². The number of hydrogen-bond donors (Lipinski definition) is 2. The molecular formula is C31H31F4N5O3S. The number of benzene rings is 2. The summed E-state index contributed by atoms with van der Waals surface area (Å²) in [6.45, 7) is -0.630. The van der Waals surface area contributed by atoms with Crippen LogP contribution in [0, 0.1) is 0 Å². The molecule has 0 aliphatic rings. The molecule has 232 valence electrons. The normalized spacial score (nSPS) is 12.8. The number of anilines is 1. The fraction of sp³-hybridized carbons (Fsp3) is 0.290. The molecule has 2 N–H and O–H groups in total. The monoisotopic (exact) mass is 629 g/mol. The maximum atomic E-state index is 13.4. The molecule has 2 atom stereocenters. The molecular weight excluding hydrogens is 598 g/mol. The number of nitrogens with one attached hydrogen (secondary N) is 1. The van der Waals surface area contributed by atoms with Gasteiger partial charge in [0, 0.05) is 43.3 Å². The van der Waals surface area contributed by atoms with Gasteiger partial charge in [-0.25, -0.2) is 9.37 Å². The first-order valence-corrected chi connectivity index (χ1v) is 14.4. The molecule has 13 heteroatoms. The summed E-state index contributed by atoms with van der Waals surface area (Å²) in [5, 5.41) is 16.2. The highest BCUT2D eigenvalue weighted by Gasteiger charge is 2.32. The van der Waals surface area contributed by atoms with Crippen LogP contribution in [0.3, 0.4) is 0 Å². The Morgan fingerprint density at radius 3 is 2.43 bits per heavy atom. The number of hydrogen-bond acceptors (Lipinski definition) is 7. The molecule has 0 radical (unpaired) electrons. The number of carbonyl (C=O) groups is 2. The summed E-state index contributed by atoms with van der Waals surface area (Å²) in [4.78, 5) is 37.1. The summed E-state index contributed by atoms with van der Waals surface area (Å²) >= 11 is 1.25. The minimum Gasteiger partial charge on any atom is -0.389 e. The number of aliphatic hydroxyl groups excluding tert-OH is 1. The minimum atomic E-state index is -4.57. The fourth-order valence-corrected chi connectivity index (χ4v) is 5.31. The molecule has 4 aromatic rings. The van der Waals surface area contributed by atoms with Gasteiger partial charge in [-0.15, -0.1) is 11.3 Å². The van der Waals surface area contributed by atoms with Gasteiger partial charge in [-0.1, -0.05) is 36.4 Å². The predicted molar refractivity (Wildman–Crippen MR) is 159 cm³/mol. The summed E-state index contributed by atoms with van der Waals surface area (Å²) in [6, 6.07) is 15.4. The molecule has 0 unspecified atom stereocenters. The number of aliphatic hydroxyl groups is 1. The van der Waals surface area contributed by atoms with Crippen molar-refractivity contribution in [2.45, 2.75) is 38.0 Å². The van der Waals surface area contributed by atoms with E-state index in [2.05, 4.69) is 15.3 Å². The number of nitrogens with zero attached hydrogens (tertiary/aromatic N) is 4. The maximum absolute atomic E-state index is 13.4. The highest BCUT2D eigenvalue weighted by atomic mass is 32.1. The molecule has 0 spiro atoms. The Labute approximate surface area is 256 Å². The van der Waals surface area contributed by atoms with Gasteiger partial charge in [0.05, 0.1) is 41.8 Å². The van der Waals surface area contributed by atoms with Crippen LogP contribution >= 0.6 is 11.3 Å². The molecule has 2 amide bonds. The van der Waals surface area contributed by atoms with Crippen molar-refractivity contribution in [2.75, 3.05) is 25.5 Å². The van der Waals surface area contributed by atoms with E-state index in [0.29, 0.717) is 10.7 Å². The molecule has 0 aliphatic carbocycles. The zero-order chi connectivity index (χ0) is 31.9. The van der Waals surface area contributed by atoms with Crippen LogP contribution in [-0.4, -0.2) is 64.6 Å². The van der Waals surface area contributed by atoms with Gasteiger partial charge in [0.15, 0.2) is 0 Å². The lowest BCUT2D eigenvalue weighted by atomic mass is 9.99. The first kappa shape index (κ1) is 32.6. The second-order valence-electron chi connectivity index (χ2n) is 10.3. The molecule has 0 bridgehead atoms. The molecule has 0 fully saturated rings. The van der Waals surface area contributed by atoms with Gasteiger partial charge < -0.3 is 20.2 Å². The summed E-state index contributed by atoms with van der Waals surface area (Å²) < 4.78 is 52.5. The number of pyridine rings is 1. The molecule has 2 heterocycles. The van der Waals surface area contributed by atoms with Crippen LogP contribution in [0.25, 0.3) is 0 Å². The van der Waals surface area contributed by atoms with Crippen molar-refractivity contribution in [3.05, 3.63) is 111 Å². The van der Waals surface area contributed by atoms with Crippen molar-refractivity contribution in [1.29, 1.82) is 0 Å². The van der Waals surface area contributed by atoms with Crippen molar-refractivity contribution < 1.29 is 32.3 Å². The van der Waals surface area contributed by atoms with Crippen LogP contribution in [0.2, 0.25) is 0 Å². The summed E-state index contributed by atoms with van der Waals surface area (Å²) in [6.07, 6.45) is -3.54. The van der Waals surface area contributed by atoms with E-state index in [1.54, 1.807) is 24.6 Å². The van der Waals surface area contributed by atoms with E-state index >= 15 is 0 Å². The SMILES string of the molecule is CN(Cc1nc(CF)cs1)C(=O)c1cccc(C(=O)N[C@@H](Cc2ccccc2)[C@H](O)CN(C)c2cncc(C(F)(F)F)c2)c1. The first-order valence-electron chi connectivity index (χ1n) is 13.6. The molecule has 44 heavy (non-hydrogen) atoms. The largest absolute Gasteiger partial charge is 0.417 e. The van der Waals surface area contributed by atoms with Gasteiger partial charge in [0.2, 0.25) is 0 Å². The number of halogens is 4. The lowest BCUT2D eigenvalue weighted by molar-refractivity contribution is -0.137. The van der Waals surface area contributed by atoms with Crippen molar-refractivity contribution in [2.24, 2.45) is 0 Å². The molecule has 4 rings (SSSR count). The van der Waals surface area contributed by atoms with Crippen molar-refractivity contribution in [1.82, 2.24) is 20.2 Å². The van der Waals surface area contributed by atoms with E-state index in [1.165, 1.54) is 46.5 Å². The van der Waals surface area contributed by atoms with Crippen LogP contribution in [-0.2, 0) is 25.8 Å². The number of likely N-dealkylation sites (N-methyl/N-ethyl adjacent to an activating group) is 1. The molecule has 0 saturated heterocycles. The van der Waals surface area contributed by atoms with Crippen LogP contribution in [0.5, 0.6) is 0 Å². The molecule has 2 aromatic carbocycles. The van der Waals surface area contributed by atoms with Crippen molar-refractivity contribution in [3.8, 4) is 0 Å². The number of rotatable bonds is 12. The molecule has 8 nitrogen and oxygen atoms in total. The van der Waals surface area contributed by atoms with Crippen LogP contribution in [0.1, 0.15) is 42.5 Å². The number of carbonyl (C=O) groups excluding carboxylic acids is 2. The van der Waals surface area contributed by atoms with Crippen LogP contribution < -0.4 is 10.2 Å². The molecule has 2 aromatic heterocycles. The Bertz CT molecular complexity index is 1570. The minimum absolute atomic E-state index is 0.106. The number of alkyl halides is 4. The Balaban J connectivity index is 1.49. The third-order valence-corrected chi connectivity index (χ3v) is 7.74. The van der Waals surface area contributed by atoms with Crippen LogP contribution in [0.4, 0.5) is 23.2 Å². The number of amides is 2. The van der Waals surface area contributed by atoms with Crippen LogP contribution in [0.15, 0.2) is 78.4 Å². The van der Waals surface area contributed by atoms with Crippen molar-refractivity contribution in [3.63, 3.8) is 0 Å². The first-order chi connectivity index (χ1) is 20.9. The smallest absolute Gasteiger partial charge is 0.389 e. The van der Waals surface area contributed by atoms with Gasteiger partial charge in [-0.3, -0.25) is 14.6 Å². The van der Waals surface area contributed by atoms with E-state index in [9.17, 15) is 32.3 Å². The summed E-state index contributed by atoms with van der Waals surface area (Å²) in [5.74, 6) is -0.910. The summed E-state index contributed by atoms with van der Waals surface area (Å²) in [5.41, 5.74) is 0.788. The second-order valence-corrected chi connectivity index (χ2v) is 11.2. The Morgan fingerprint density at radius 1 is 1.02 bits per heavy atom. The van der Waals surface area contributed by atoms with Gasteiger partial charge in [-0.2, -0.15) is 13.2 Å². The fourth-order valence-electron chi connectivity index (χ4n) is 4.48. The third-order valence-electron chi connectivity index (χ3n) is 6.86. The lowest BCUT2D eigenvalue weighted by Gasteiger charge is -2.29. The Kier molecular flexibility index (Phi) is 10.7. The zero-order valence-electron chi connectivity index (χ0n) is 24.0. The van der Waals surface area contributed by atoms with Gasteiger partial charge in [0.25, 0.3) is 11.8 Å². The second kappa shape index (κ2) is 14.4. The Morgan fingerprint density at radius 2 is 1.75 bits per heavy atom. The molecule has 0 saturated carbocycles. The summed E-state index contributed by atoms with van der Waals surface area (Å²) in [7, 11) is 3.10. The van der Waals surface area contributed by atoms with E-state index in [1.807, 2.05) is 30.3 Å². The van der Waals surface area contributed by atoms with E-state index in [4.69, 9.17) is 0 Å². The highest BCUT2D eigenvalue weighted by Crippen LogP contribution is 2.30. The standard InChI is InChI=1S/C31H31F4N5O3S/c1-39(25-13-23(15-36-16-25)31(33,34)35)17-27(41)26(11-20-7-4-3-5-8-20)38-29(42)21-9-6-10-22(12-21)30(43)40(2)18-28-37-24(14-32)19-44-28/h3-10,12-13,15-16,19,26-27,41H,11,14,17-18H2,1-2H3,(H,38,42)/t26-,27+/m0/s1. The zero-order valence-corrected chi connectivity index (χ0v) is 24.8. The number of aromatic nitrogens is 2. The van der Waals surface area contributed by atoms with Gasteiger partial charge >= 0.3 is 6.18 Å². The van der Waals surface area contributed by atoms with Crippen molar-refractivity contribution >= 4 is 28.8 Å². The highest BCUT2D eigenvalue weighted by molar-refractivity contribution is 7.09. The Hall–Kier alpha value is -4.36. The van der Waals surface area contributed by atoms with Gasteiger partial charge in [0.1, 0.15) is 11.7 Å². The predicted octanol–water partition coefficient (Wildman–Crippen LogP) is 5.14. The number of thiazole rings is 1. The van der Waals surface area contributed by atoms with E-state index in [-0.39, 0.29) is 42.2 Å². The average Bonchev–Trinajstić information content (AvgIpc) is 3.48. The average molecular weight is 630 g/mol. The quantitative estimate of drug-likeness (QED) is 0.211. The third kappa shape index (κ3) is 8.60. The van der Waals surface area contributed by atoms with Gasteiger partial charge in [-0.05, 0) is 36.2 Å². The lowest BCUT2D eigenvalue weighted by Crippen LogP contribution is -2.49. The maximum Gasteiger partial charge on any atom is 0.417 e.